The summed E-state index contributed by atoms with van der Waals surface area (Å²) >= 11 is 0. The third kappa shape index (κ3) is 2.91. The van der Waals surface area contributed by atoms with Crippen molar-refractivity contribution in [3.8, 4) is 11.3 Å². The van der Waals surface area contributed by atoms with E-state index >= 15 is 4.39 Å². The molecular weight excluding hydrogens is 317 g/mol. The van der Waals surface area contributed by atoms with Crippen molar-refractivity contribution >= 4 is 0 Å². The van der Waals surface area contributed by atoms with Crippen LogP contribution < -0.4 is 10.9 Å². The minimum absolute atomic E-state index is 0.107. The summed E-state index contributed by atoms with van der Waals surface area (Å²) in [4.78, 5) is 17.0. The number of halogens is 1. The maximum atomic E-state index is 16.0. The molecule has 1 aromatic heterocycles. The van der Waals surface area contributed by atoms with E-state index in [1.54, 1.807) is 0 Å². The lowest BCUT2D eigenvalue weighted by Crippen LogP contribution is -2.57. The minimum atomic E-state index is -1.34. The molecule has 2 fully saturated rings. The summed E-state index contributed by atoms with van der Waals surface area (Å²) in [5.74, 6) is 0. The van der Waals surface area contributed by atoms with Gasteiger partial charge in [0.05, 0.1) is 18.6 Å². The highest BCUT2D eigenvalue weighted by Gasteiger charge is 2.54. The maximum Gasteiger partial charge on any atom is 0.253 e. The van der Waals surface area contributed by atoms with E-state index < -0.39 is 5.67 Å². The SMILES string of the molecule is O=c1cc(-c2ccccc2)ncn1CC1(F)CCNCC12CCCC2. The third-order valence-corrected chi connectivity index (χ3v) is 6.04. The lowest BCUT2D eigenvalue weighted by molar-refractivity contribution is -0.0472. The average Bonchev–Trinajstić information content (AvgIpc) is 3.11. The molecule has 2 aromatic rings. The van der Waals surface area contributed by atoms with Crippen molar-refractivity contribution < 1.29 is 4.39 Å². The molecule has 1 aliphatic heterocycles. The van der Waals surface area contributed by atoms with Crippen LogP contribution in [0.25, 0.3) is 11.3 Å². The van der Waals surface area contributed by atoms with Gasteiger partial charge >= 0.3 is 0 Å². The Morgan fingerprint density at radius 2 is 1.92 bits per heavy atom. The summed E-state index contributed by atoms with van der Waals surface area (Å²) in [5.41, 5.74) is -0.318. The molecule has 1 aliphatic carbocycles. The van der Waals surface area contributed by atoms with E-state index in [1.807, 2.05) is 30.3 Å². The van der Waals surface area contributed by atoms with Crippen molar-refractivity contribution in [2.24, 2.45) is 5.41 Å². The normalized spacial score (nSPS) is 25.3. The fourth-order valence-electron chi connectivity index (χ4n) is 4.54. The van der Waals surface area contributed by atoms with Gasteiger partial charge in [0.25, 0.3) is 5.56 Å². The summed E-state index contributed by atoms with van der Waals surface area (Å²) in [6.45, 7) is 1.49. The summed E-state index contributed by atoms with van der Waals surface area (Å²) < 4.78 is 17.5. The lowest BCUT2D eigenvalue weighted by Gasteiger charge is -2.47. The average molecular weight is 341 g/mol. The molecule has 132 valence electrons. The molecular formula is C20H24FN3O. The van der Waals surface area contributed by atoms with E-state index in [-0.39, 0.29) is 17.5 Å². The van der Waals surface area contributed by atoms with Crippen molar-refractivity contribution in [3.63, 3.8) is 0 Å². The summed E-state index contributed by atoms with van der Waals surface area (Å²) in [7, 11) is 0. The molecule has 5 heteroatoms. The Kier molecular flexibility index (Phi) is 4.20. The zero-order valence-electron chi connectivity index (χ0n) is 14.4. The Labute approximate surface area is 147 Å². The van der Waals surface area contributed by atoms with Crippen molar-refractivity contribution in [1.29, 1.82) is 0 Å². The first-order valence-electron chi connectivity index (χ1n) is 9.14. The molecule has 1 spiro atoms. The second-order valence-corrected chi connectivity index (χ2v) is 7.49. The molecule has 1 saturated carbocycles. The van der Waals surface area contributed by atoms with Crippen LogP contribution in [0.1, 0.15) is 32.1 Å². The highest BCUT2D eigenvalue weighted by molar-refractivity contribution is 5.57. The van der Waals surface area contributed by atoms with Crippen LogP contribution in [0.3, 0.4) is 0 Å². The van der Waals surface area contributed by atoms with Gasteiger partial charge in [-0.1, -0.05) is 43.2 Å². The van der Waals surface area contributed by atoms with Crippen LogP contribution in [0.5, 0.6) is 0 Å². The smallest absolute Gasteiger partial charge is 0.253 e. The number of nitrogens with zero attached hydrogens (tertiary/aromatic N) is 2. The van der Waals surface area contributed by atoms with Gasteiger partial charge in [0.2, 0.25) is 0 Å². The molecule has 1 unspecified atom stereocenters. The number of hydrogen-bond acceptors (Lipinski definition) is 3. The van der Waals surface area contributed by atoms with Crippen LogP contribution in [0.4, 0.5) is 4.39 Å². The maximum absolute atomic E-state index is 16.0. The highest BCUT2D eigenvalue weighted by atomic mass is 19.1. The van der Waals surface area contributed by atoms with Crippen molar-refractivity contribution in [3.05, 3.63) is 53.1 Å². The number of hydrogen-bond donors (Lipinski definition) is 1. The highest BCUT2D eigenvalue weighted by Crippen LogP contribution is 2.51. The summed E-state index contributed by atoms with van der Waals surface area (Å²) in [5, 5.41) is 3.36. The van der Waals surface area contributed by atoms with Crippen molar-refractivity contribution in [1.82, 2.24) is 14.9 Å². The molecule has 1 atom stereocenters. The van der Waals surface area contributed by atoms with Gasteiger partial charge in [-0.3, -0.25) is 9.36 Å². The Balaban J connectivity index is 1.63. The van der Waals surface area contributed by atoms with Gasteiger partial charge in [-0.05, 0) is 25.8 Å². The first-order valence-corrected chi connectivity index (χ1v) is 9.14. The number of nitrogens with one attached hydrogen (secondary N) is 1. The van der Waals surface area contributed by atoms with E-state index in [4.69, 9.17) is 0 Å². The standard InChI is InChI=1S/C20H24FN3O/c21-20(10-11-22-13-19(20)8-4-5-9-19)14-24-15-23-17(12-18(24)25)16-6-2-1-3-7-16/h1-3,6-7,12,15,22H,4-5,8-11,13-14H2. The van der Waals surface area contributed by atoms with Crippen LogP contribution >= 0.6 is 0 Å². The molecule has 4 rings (SSSR count). The van der Waals surface area contributed by atoms with Crippen LogP contribution in [0, 0.1) is 5.41 Å². The second-order valence-electron chi connectivity index (χ2n) is 7.49. The quantitative estimate of drug-likeness (QED) is 0.933. The van der Waals surface area contributed by atoms with E-state index in [0.29, 0.717) is 25.2 Å². The number of alkyl halides is 1. The van der Waals surface area contributed by atoms with Crippen molar-refractivity contribution in [2.45, 2.75) is 44.3 Å². The Morgan fingerprint density at radius 3 is 2.64 bits per heavy atom. The lowest BCUT2D eigenvalue weighted by atomic mass is 9.67. The van der Waals surface area contributed by atoms with Crippen LogP contribution in [0.15, 0.2) is 47.5 Å². The summed E-state index contributed by atoms with van der Waals surface area (Å²) in [6.07, 6.45) is 5.93. The van der Waals surface area contributed by atoms with E-state index in [9.17, 15) is 4.79 Å². The molecule has 0 radical (unpaired) electrons. The largest absolute Gasteiger partial charge is 0.316 e. The number of rotatable bonds is 3. The van der Waals surface area contributed by atoms with E-state index in [2.05, 4.69) is 10.3 Å². The Morgan fingerprint density at radius 1 is 1.16 bits per heavy atom. The van der Waals surface area contributed by atoms with Gasteiger partial charge in [-0.25, -0.2) is 9.37 Å². The number of piperidine rings is 1. The van der Waals surface area contributed by atoms with Gasteiger partial charge in [0.1, 0.15) is 5.67 Å². The molecule has 1 aromatic carbocycles. The fraction of sp³-hybridized carbons (Fsp3) is 0.500. The topological polar surface area (TPSA) is 46.9 Å². The van der Waals surface area contributed by atoms with Gasteiger partial charge in [-0.15, -0.1) is 0 Å². The Bertz CT molecular complexity index is 798. The molecule has 1 saturated heterocycles. The first-order chi connectivity index (χ1) is 12.1. The first kappa shape index (κ1) is 16.5. The molecule has 4 nitrogen and oxygen atoms in total. The number of benzene rings is 1. The van der Waals surface area contributed by atoms with Crippen LogP contribution in [-0.4, -0.2) is 28.3 Å². The van der Waals surface area contributed by atoms with Crippen LogP contribution in [-0.2, 0) is 6.54 Å². The van der Waals surface area contributed by atoms with Crippen molar-refractivity contribution in [2.75, 3.05) is 13.1 Å². The molecule has 25 heavy (non-hydrogen) atoms. The molecule has 2 aliphatic rings. The molecule has 0 amide bonds. The van der Waals surface area contributed by atoms with Crippen LogP contribution in [0.2, 0.25) is 0 Å². The fourth-order valence-corrected chi connectivity index (χ4v) is 4.54. The molecule has 1 N–H and O–H groups in total. The second kappa shape index (κ2) is 6.37. The van der Waals surface area contributed by atoms with Gasteiger partial charge in [0, 0.05) is 23.6 Å². The Hall–Kier alpha value is -2.01. The molecule has 2 heterocycles. The predicted octanol–water partition coefficient (Wildman–Crippen LogP) is 3.17. The van der Waals surface area contributed by atoms with Gasteiger partial charge < -0.3 is 5.32 Å². The van der Waals surface area contributed by atoms with E-state index in [0.717, 1.165) is 31.2 Å². The zero-order chi connectivity index (χ0) is 17.3. The van der Waals surface area contributed by atoms with E-state index in [1.165, 1.54) is 17.0 Å². The molecule has 0 bridgehead atoms. The van der Waals surface area contributed by atoms with Gasteiger partial charge in [0.15, 0.2) is 0 Å². The third-order valence-electron chi connectivity index (χ3n) is 6.04. The van der Waals surface area contributed by atoms with Gasteiger partial charge in [-0.2, -0.15) is 0 Å². The number of aromatic nitrogens is 2. The minimum Gasteiger partial charge on any atom is -0.316 e. The zero-order valence-corrected chi connectivity index (χ0v) is 14.4. The monoisotopic (exact) mass is 341 g/mol. The summed E-state index contributed by atoms with van der Waals surface area (Å²) in [6, 6.07) is 11.1. The predicted molar refractivity (Wildman–Crippen MR) is 96.2 cm³/mol.